The Kier molecular flexibility index (Phi) is 5.04. The standard InChI is InChI=1S/C16H22N2O2S/c1-17(2)16(8-5-9-16)12-18(3)15(20)14-13(6-4-10-19)7-11-21-14/h7,11,19H,5,8-10,12H2,1-3H3. The summed E-state index contributed by atoms with van der Waals surface area (Å²) in [7, 11) is 6.02. The molecule has 1 aromatic heterocycles. The van der Waals surface area contributed by atoms with Crippen LogP contribution >= 0.6 is 11.3 Å². The van der Waals surface area contributed by atoms with E-state index >= 15 is 0 Å². The van der Waals surface area contributed by atoms with Crippen LogP contribution in [0.5, 0.6) is 0 Å². The molecular formula is C16H22N2O2S. The fourth-order valence-electron chi connectivity index (χ4n) is 2.73. The normalized spacial score (nSPS) is 16.0. The van der Waals surface area contributed by atoms with Crippen molar-refractivity contribution in [3.8, 4) is 11.8 Å². The van der Waals surface area contributed by atoms with E-state index < -0.39 is 0 Å². The topological polar surface area (TPSA) is 43.8 Å². The van der Waals surface area contributed by atoms with Crippen molar-refractivity contribution < 1.29 is 9.90 Å². The lowest BCUT2D eigenvalue weighted by atomic mass is 9.75. The van der Waals surface area contributed by atoms with Gasteiger partial charge >= 0.3 is 0 Å². The summed E-state index contributed by atoms with van der Waals surface area (Å²) in [6, 6.07) is 1.83. The fraction of sp³-hybridized carbons (Fsp3) is 0.562. The monoisotopic (exact) mass is 306 g/mol. The number of carbonyl (C=O) groups is 1. The molecule has 1 aromatic rings. The van der Waals surface area contributed by atoms with Gasteiger partial charge in [0.15, 0.2) is 0 Å². The van der Waals surface area contributed by atoms with Gasteiger partial charge in [0.2, 0.25) is 0 Å². The number of hydrogen-bond donors (Lipinski definition) is 1. The molecule has 0 saturated heterocycles. The van der Waals surface area contributed by atoms with Gasteiger partial charge in [-0.05, 0) is 44.8 Å². The van der Waals surface area contributed by atoms with Crippen LogP contribution in [-0.4, -0.2) is 60.6 Å². The van der Waals surface area contributed by atoms with Crippen LogP contribution in [0.25, 0.3) is 0 Å². The van der Waals surface area contributed by atoms with Gasteiger partial charge in [0, 0.05) is 24.7 Å². The van der Waals surface area contributed by atoms with Gasteiger partial charge in [0.25, 0.3) is 5.91 Å². The molecular weight excluding hydrogens is 284 g/mol. The molecule has 2 rings (SSSR count). The molecule has 1 aliphatic carbocycles. The third-order valence-corrected chi connectivity index (χ3v) is 5.18. The molecule has 1 aliphatic rings. The highest BCUT2D eigenvalue weighted by atomic mass is 32.1. The lowest BCUT2D eigenvalue weighted by Crippen LogP contribution is -2.57. The van der Waals surface area contributed by atoms with Crippen LogP contribution in [0.1, 0.15) is 34.5 Å². The Balaban J connectivity index is 2.11. The van der Waals surface area contributed by atoms with E-state index in [-0.39, 0.29) is 18.1 Å². The number of amides is 1. The first-order chi connectivity index (χ1) is 10.00. The van der Waals surface area contributed by atoms with Crippen LogP contribution in [0.2, 0.25) is 0 Å². The Morgan fingerprint density at radius 3 is 2.67 bits per heavy atom. The summed E-state index contributed by atoms with van der Waals surface area (Å²) < 4.78 is 0. The van der Waals surface area contributed by atoms with E-state index in [0.717, 1.165) is 19.4 Å². The molecule has 5 heteroatoms. The number of aliphatic hydroxyl groups excluding tert-OH is 1. The van der Waals surface area contributed by atoms with E-state index in [2.05, 4.69) is 30.8 Å². The molecule has 1 amide bonds. The average Bonchev–Trinajstić information content (AvgIpc) is 2.87. The second-order valence-electron chi connectivity index (χ2n) is 5.76. The molecule has 114 valence electrons. The molecule has 1 fully saturated rings. The summed E-state index contributed by atoms with van der Waals surface area (Å²) in [6.07, 6.45) is 3.50. The van der Waals surface area contributed by atoms with Crippen molar-refractivity contribution in [2.75, 3.05) is 34.3 Å². The molecule has 0 atom stereocenters. The zero-order valence-corrected chi connectivity index (χ0v) is 13.7. The number of hydrogen-bond acceptors (Lipinski definition) is 4. The Hall–Kier alpha value is -1.35. The third-order valence-electron chi connectivity index (χ3n) is 4.27. The SMILES string of the molecule is CN(CC1(N(C)C)CCC1)C(=O)c1sccc1C#CCO. The summed E-state index contributed by atoms with van der Waals surface area (Å²) in [4.78, 5) is 17.3. The molecule has 1 saturated carbocycles. The largest absolute Gasteiger partial charge is 0.384 e. The van der Waals surface area contributed by atoms with Crippen molar-refractivity contribution in [1.82, 2.24) is 9.80 Å². The maximum absolute atomic E-state index is 12.6. The molecule has 1 heterocycles. The Labute approximate surface area is 130 Å². The second-order valence-corrected chi connectivity index (χ2v) is 6.67. The number of carbonyl (C=O) groups excluding carboxylic acids is 1. The molecule has 21 heavy (non-hydrogen) atoms. The minimum atomic E-state index is -0.191. The molecule has 0 aliphatic heterocycles. The summed E-state index contributed by atoms with van der Waals surface area (Å²) in [6.45, 7) is 0.548. The van der Waals surface area contributed by atoms with Crippen molar-refractivity contribution in [2.45, 2.75) is 24.8 Å². The van der Waals surface area contributed by atoms with Crippen molar-refractivity contribution in [3.63, 3.8) is 0 Å². The Bertz CT molecular complexity index is 564. The van der Waals surface area contributed by atoms with Crippen molar-refractivity contribution in [1.29, 1.82) is 0 Å². The maximum atomic E-state index is 12.6. The first-order valence-electron chi connectivity index (χ1n) is 7.10. The number of nitrogens with zero attached hydrogens (tertiary/aromatic N) is 2. The first kappa shape index (κ1) is 16.0. The minimum absolute atomic E-state index is 0.0142. The summed E-state index contributed by atoms with van der Waals surface area (Å²) in [5.74, 6) is 5.47. The summed E-state index contributed by atoms with van der Waals surface area (Å²) >= 11 is 1.41. The van der Waals surface area contributed by atoms with Crippen molar-refractivity contribution in [3.05, 3.63) is 21.9 Å². The Morgan fingerprint density at radius 2 is 2.14 bits per heavy atom. The second kappa shape index (κ2) is 6.61. The van der Waals surface area contributed by atoms with Gasteiger partial charge in [-0.25, -0.2) is 0 Å². The highest BCUT2D eigenvalue weighted by Crippen LogP contribution is 2.37. The van der Waals surface area contributed by atoms with E-state index in [9.17, 15) is 4.79 Å². The van der Waals surface area contributed by atoms with Crippen LogP contribution in [-0.2, 0) is 0 Å². The molecule has 4 nitrogen and oxygen atoms in total. The minimum Gasteiger partial charge on any atom is -0.384 e. The molecule has 0 bridgehead atoms. The van der Waals surface area contributed by atoms with E-state index in [1.807, 2.05) is 18.5 Å². The van der Waals surface area contributed by atoms with E-state index in [4.69, 9.17) is 5.11 Å². The number of thiophene rings is 1. The van der Waals surface area contributed by atoms with Gasteiger partial charge in [-0.2, -0.15) is 0 Å². The molecule has 0 spiro atoms. The maximum Gasteiger partial charge on any atom is 0.265 e. The van der Waals surface area contributed by atoms with Crippen molar-refractivity contribution >= 4 is 17.2 Å². The van der Waals surface area contributed by atoms with Crippen molar-refractivity contribution in [2.24, 2.45) is 0 Å². The van der Waals surface area contributed by atoms with Gasteiger partial charge in [-0.3, -0.25) is 4.79 Å². The van der Waals surface area contributed by atoms with Gasteiger partial charge in [0.05, 0.1) is 0 Å². The fourth-order valence-corrected chi connectivity index (χ4v) is 3.57. The molecule has 0 radical (unpaired) electrons. The first-order valence-corrected chi connectivity index (χ1v) is 7.98. The molecule has 0 unspecified atom stereocenters. The number of likely N-dealkylation sites (N-methyl/N-ethyl adjacent to an activating group) is 2. The van der Waals surface area contributed by atoms with Gasteiger partial charge in [-0.15, -0.1) is 11.3 Å². The zero-order valence-electron chi connectivity index (χ0n) is 12.8. The van der Waals surface area contributed by atoms with Crippen LogP contribution in [0.15, 0.2) is 11.4 Å². The van der Waals surface area contributed by atoms with E-state index in [0.29, 0.717) is 10.4 Å². The number of aliphatic hydroxyl groups is 1. The predicted octanol–water partition coefficient (Wildman–Crippen LogP) is 1.65. The Morgan fingerprint density at radius 1 is 1.43 bits per heavy atom. The lowest BCUT2D eigenvalue weighted by molar-refractivity contribution is 0.0254. The van der Waals surface area contributed by atoms with E-state index in [1.165, 1.54) is 17.8 Å². The van der Waals surface area contributed by atoms with Gasteiger partial charge < -0.3 is 14.9 Å². The van der Waals surface area contributed by atoms with Crippen LogP contribution in [0.4, 0.5) is 0 Å². The lowest BCUT2D eigenvalue weighted by Gasteiger charge is -2.49. The summed E-state index contributed by atoms with van der Waals surface area (Å²) in [5, 5.41) is 10.7. The zero-order chi connectivity index (χ0) is 15.5. The molecule has 1 N–H and O–H groups in total. The van der Waals surface area contributed by atoms with E-state index in [1.54, 1.807) is 4.90 Å². The third kappa shape index (κ3) is 3.29. The highest BCUT2D eigenvalue weighted by Gasteiger charge is 2.40. The quantitative estimate of drug-likeness (QED) is 0.860. The number of rotatable bonds is 4. The predicted molar refractivity (Wildman–Crippen MR) is 85.5 cm³/mol. The van der Waals surface area contributed by atoms with Gasteiger partial charge in [-0.1, -0.05) is 11.8 Å². The van der Waals surface area contributed by atoms with Gasteiger partial charge in [0.1, 0.15) is 11.5 Å². The van der Waals surface area contributed by atoms with Crippen LogP contribution in [0.3, 0.4) is 0 Å². The average molecular weight is 306 g/mol. The van der Waals surface area contributed by atoms with Crippen LogP contribution < -0.4 is 0 Å². The smallest absolute Gasteiger partial charge is 0.265 e. The highest BCUT2D eigenvalue weighted by molar-refractivity contribution is 7.12. The van der Waals surface area contributed by atoms with Crippen LogP contribution in [0, 0.1) is 11.8 Å². The summed E-state index contributed by atoms with van der Waals surface area (Å²) in [5.41, 5.74) is 0.830. The molecule has 0 aromatic carbocycles.